The number of hydrogen-bond donors (Lipinski definition) is 3. The van der Waals surface area contributed by atoms with E-state index in [2.05, 4.69) is 10.6 Å². The minimum atomic E-state index is -2.61. The molecular formula is C14H20ClF2N3O2. The minimum absolute atomic E-state index is 0. The molecular weight excluding hydrogens is 316 g/mol. The Balaban J connectivity index is 0.00000441. The van der Waals surface area contributed by atoms with Crippen LogP contribution in [-0.4, -0.2) is 24.4 Å². The predicted molar refractivity (Wildman–Crippen MR) is 83.1 cm³/mol. The number of halogens is 3. The number of anilines is 1. The fraction of sp³-hybridized carbons (Fsp3) is 0.429. The normalized spacial score (nSPS) is 11.8. The number of hydrogen-bond acceptors (Lipinski definition) is 3. The lowest BCUT2D eigenvalue weighted by molar-refractivity contribution is -0.125. The van der Waals surface area contributed by atoms with Gasteiger partial charge in [0.25, 0.3) is 6.43 Å². The third-order valence-electron chi connectivity index (χ3n) is 2.87. The number of carbonyl (C=O) groups excluding carboxylic acids is 2. The molecule has 0 unspecified atom stereocenters. The van der Waals surface area contributed by atoms with E-state index < -0.39 is 24.3 Å². The summed E-state index contributed by atoms with van der Waals surface area (Å²) in [4.78, 5) is 23.2. The Labute approximate surface area is 134 Å². The molecule has 1 rings (SSSR count). The Morgan fingerprint density at radius 2 is 1.91 bits per heavy atom. The highest BCUT2D eigenvalue weighted by Crippen LogP contribution is 2.21. The SMILES string of the molecule is CC(C)[C@H](N)C(=O)NCC(=O)Nc1cccc(C(F)F)c1.Cl. The van der Waals surface area contributed by atoms with E-state index in [-0.39, 0.29) is 36.1 Å². The van der Waals surface area contributed by atoms with Crippen LogP contribution < -0.4 is 16.4 Å². The zero-order valence-electron chi connectivity index (χ0n) is 12.3. The molecule has 0 bridgehead atoms. The minimum Gasteiger partial charge on any atom is -0.346 e. The van der Waals surface area contributed by atoms with Crippen LogP contribution in [0.3, 0.4) is 0 Å². The molecule has 8 heteroatoms. The van der Waals surface area contributed by atoms with E-state index in [1.807, 2.05) is 0 Å². The molecule has 1 aromatic carbocycles. The lowest BCUT2D eigenvalue weighted by Gasteiger charge is -2.15. The van der Waals surface area contributed by atoms with Crippen molar-refractivity contribution in [3.63, 3.8) is 0 Å². The summed E-state index contributed by atoms with van der Waals surface area (Å²) in [5, 5.41) is 4.83. The Kier molecular flexibility index (Phi) is 8.59. The van der Waals surface area contributed by atoms with Gasteiger partial charge >= 0.3 is 0 Å². The van der Waals surface area contributed by atoms with Crippen molar-refractivity contribution in [2.45, 2.75) is 26.3 Å². The van der Waals surface area contributed by atoms with E-state index in [1.54, 1.807) is 13.8 Å². The van der Waals surface area contributed by atoms with Crippen LogP contribution in [-0.2, 0) is 9.59 Å². The second-order valence-corrected chi connectivity index (χ2v) is 4.96. The number of carbonyl (C=O) groups is 2. The second kappa shape index (κ2) is 9.32. The Morgan fingerprint density at radius 1 is 1.27 bits per heavy atom. The fourth-order valence-electron chi connectivity index (χ4n) is 1.55. The van der Waals surface area contributed by atoms with Crippen molar-refractivity contribution in [2.75, 3.05) is 11.9 Å². The molecule has 22 heavy (non-hydrogen) atoms. The van der Waals surface area contributed by atoms with Crippen LogP contribution in [0.25, 0.3) is 0 Å². The molecule has 1 atom stereocenters. The van der Waals surface area contributed by atoms with Crippen molar-refractivity contribution in [3.05, 3.63) is 29.8 Å². The summed E-state index contributed by atoms with van der Waals surface area (Å²) >= 11 is 0. The summed E-state index contributed by atoms with van der Waals surface area (Å²) in [5.41, 5.74) is 5.69. The first-order chi connectivity index (χ1) is 9.81. The van der Waals surface area contributed by atoms with Crippen LogP contribution in [0.1, 0.15) is 25.8 Å². The molecule has 2 amide bonds. The van der Waals surface area contributed by atoms with Gasteiger partial charge in [-0.1, -0.05) is 26.0 Å². The zero-order chi connectivity index (χ0) is 16.0. The zero-order valence-corrected chi connectivity index (χ0v) is 13.1. The van der Waals surface area contributed by atoms with Gasteiger partial charge in [-0.3, -0.25) is 9.59 Å². The molecule has 4 N–H and O–H groups in total. The first kappa shape index (κ1) is 20.3. The van der Waals surface area contributed by atoms with Crippen molar-refractivity contribution in [1.82, 2.24) is 5.32 Å². The Bertz CT molecular complexity index is 513. The molecule has 5 nitrogen and oxygen atoms in total. The average molecular weight is 336 g/mol. The highest BCUT2D eigenvalue weighted by molar-refractivity contribution is 5.95. The highest BCUT2D eigenvalue weighted by atomic mass is 35.5. The molecule has 0 aliphatic carbocycles. The third-order valence-corrected chi connectivity index (χ3v) is 2.87. The summed E-state index contributed by atoms with van der Waals surface area (Å²) in [6.45, 7) is 3.32. The van der Waals surface area contributed by atoms with E-state index >= 15 is 0 Å². The van der Waals surface area contributed by atoms with Gasteiger partial charge in [0, 0.05) is 11.3 Å². The van der Waals surface area contributed by atoms with Gasteiger partial charge in [0.2, 0.25) is 11.8 Å². The third kappa shape index (κ3) is 6.36. The number of rotatable bonds is 6. The predicted octanol–water partition coefficient (Wildman–Crippen LogP) is 2.08. The molecule has 0 radical (unpaired) electrons. The van der Waals surface area contributed by atoms with Gasteiger partial charge in [-0.05, 0) is 18.1 Å². The molecule has 0 saturated carbocycles. The maximum absolute atomic E-state index is 12.5. The van der Waals surface area contributed by atoms with Crippen molar-refractivity contribution in [1.29, 1.82) is 0 Å². The van der Waals surface area contributed by atoms with Gasteiger partial charge in [0.05, 0.1) is 12.6 Å². The maximum atomic E-state index is 12.5. The van der Waals surface area contributed by atoms with Gasteiger partial charge in [0.1, 0.15) is 0 Å². The van der Waals surface area contributed by atoms with Crippen LogP contribution in [0.4, 0.5) is 14.5 Å². The molecule has 0 aliphatic heterocycles. The number of amides is 2. The summed E-state index contributed by atoms with van der Waals surface area (Å²) in [6, 6.07) is 4.67. The summed E-state index contributed by atoms with van der Waals surface area (Å²) in [6.07, 6.45) is -2.61. The fourth-order valence-corrected chi connectivity index (χ4v) is 1.55. The molecule has 0 spiro atoms. The molecule has 1 aromatic rings. The molecule has 0 aliphatic rings. The van der Waals surface area contributed by atoms with Gasteiger partial charge in [-0.25, -0.2) is 8.78 Å². The smallest absolute Gasteiger partial charge is 0.263 e. The number of benzene rings is 1. The van der Waals surface area contributed by atoms with E-state index in [1.165, 1.54) is 24.3 Å². The number of nitrogens with two attached hydrogens (primary N) is 1. The standard InChI is InChI=1S/C14H19F2N3O2.ClH/c1-8(2)12(17)14(21)18-7-11(20)19-10-5-3-4-9(6-10)13(15)16;/h3-6,8,12-13H,7,17H2,1-2H3,(H,18,21)(H,19,20);1H/t12-;/m0./s1. The topological polar surface area (TPSA) is 84.2 Å². The highest BCUT2D eigenvalue weighted by Gasteiger charge is 2.17. The maximum Gasteiger partial charge on any atom is 0.263 e. The van der Waals surface area contributed by atoms with E-state index in [0.717, 1.165) is 0 Å². The average Bonchev–Trinajstić information content (AvgIpc) is 2.44. The monoisotopic (exact) mass is 335 g/mol. The van der Waals surface area contributed by atoms with Gasteiger partial charge in [0.15, 0.2) is 0 Å². The van der Waals surface area contributed by atoms with Gasteiger partial charge in [-0.2, -0.15) is 0 Å². The quantitative estimate of drug-likeness (QED) is 0.744. The van der Waals surface area contributed by atoms with Crippen LogP contribution in [0.15, 0.2) is 24.3 Å². The summed E-state index contributed by atoms with van der Waals surface area (Å²) in [5.74, 6) is -0.983. The van der Waals surface area contributed by atoms with Gasteiger partial charge < -0.3 is 16.4 Å². The number of nitrogens with one attached hydrogen (secondary N) is 2. The molecule has 0 aromatic heterocycles. The van der Waals surface area contributed by atoms with E-state index in [9.17, 15) is 18.4 Å². The van der Waals surface area contributed by atoms with E-state index in [4.69, 9.17) is 5.73 Å². The number of alkyl halides is 2. The van der Waals surface area contributed by atoms with E-state index in [0.29, 0.717) is 0 Å². The van der Waals surface area contributed by atoms with Crippen LogP contribution in [0.5, 0.6) is 0 Å². The summed E-state index contributed by atoms with van der Waals surface area (Å²) < 4.78 is 25.0. The Hall–Kier alpha value is -1.73. The van der Waals surface area contributed by atoms with Crippen molar-refractivity contribution < 1.29 is 18.4 Å². The van der Waals surface area contributed by atoms with Crippen molar-refractivity contribution in [3.8, 4) is 0 Å². The first-order valence-electron chi connectivity index (χ1n) is 6.52. The second-order valence-electron chi connectivity index (χ2n) is 4.96. The molecule has 0 saturated heterocycles. The molecule has 124 valence electrons. The van der Waals surface area contributed by atoms with Crippen molar-refractivity contribution in [2.24, 2.45) is 11.7 Å². The largest absolute Gasteiger partial charge is 0.346 e. The molecule has 0 fully saturated rings. The lowest BCUT2D eigenvalue weighted by Crippen LogP contribution is -2.46. The van der Waals surface area contributed by atoms with Crippen LogP contribution in [0, 0.1) is 5.92 Å². The lowest BCUT2D eigenvalue weighted by atomic mass is 10.1. The first-order valence-corrected chi connectivity index (χ1v) is 6.52. The Morgan fingerprint density at radius 3 is 2.45 bits per heavy atom. The molecule has 0 heterocycles. The van der Waals surface area contributed by atoms with Crippen LogP contribution in [0.2, 0.25) is 0 Å². The van der Waals surface area contributed by atoms with Crippen molar-refractivity contribution >= 4 is 29.9 Å². The summed E-state index contributed by atoms with van der Waals surface area (Å²) in [7, 11) is 0. The van der Waals surface area contributed by atoms with Crippen LogP contribution >= 0.6 is 12.4 Å². The van der Waals surface area contributed by atoms with Gasteiger partial charge in [-0.15, -0.1) is 12.4 Å².